The van der Waals surface area contributed by atoms with Gasteiger partial charge in [0.15, 0.2) is 11.4 Å². The van der Waals surface area contributed by atoms with Gasteiger partial charge in [0.2, 0.25) is 0 Å². The van der Waals surface area contributed by atoms with Crippen LogP contribution in [0.3, 0.4) is 0 Å². The number of ketones is 1. The molecule has 0 radical (unpaired) electrons. The molecule has 0 aromatic carbocycles. The number of Topliss-reactive ketones (excluding diaryl/α,β-unsaturated/α-hetero) is 1. The maximum atomic E-state index is 13.0. The molecule has 120 valence electrons. The highest BCUT2D eigenvalue weighted by Crippen LogP contribution is 2.64. The molecule has 2 unspecified atom stereocenters. The first-order chi connectivity index (χ1) is 10.4. The van der Waals surface area contributed by atoms with Crippen LogP contribution in [0, 0.1) is 23.2 Å². The minimum Gasteiger partial charge on any atom is -0.450 e. The second-order valence-corrected chi connectivity index (χ2v) is 8.44. The largest absolute Gasteiger partial charge is 0.450 e. The normalized spacial score (nSPS) is 45.7. The molecule has 5 aliphatic carbocycles. The van der Waals surface area contributed by atoms with Gasteiger partial charge >= 0.3 is 5.97 Å². The zero-order valence-corrected chi connectivity index (χ0v) is 13.7. The smallest absolute Gasteiger partial charge is 0.313 e. The molecule has 22 heavy (non-hydrogen) atoms. The maximum absolute atomic E-state index is 13.0. The van der Waals surface area contributed by atoms with E-state index in [-0.39, 0.29) is 17.2 Å². The summed E-state index contributed by atoms with van der Waals surface area (Å²) in [5.74, 6) is 2.16. The van der Waals surface area contributed by atoms with Gasteiger partial charge in [-0.2, -0.15) is 0 Å². The van der Waals surface area contributed by atoms with Gasteiger partial charge in [-0.1, -0.05) is 11.6 Å². The third kappa shape index (κ3) is 2.00. The van der Waals surface area contributed by atoms with Gasteiger partial charge in [0.1, 0.15) is 0 Å². The first kappa shape index (κ1) is 14.5. The Balaban J connectivity index is 1.55. The summed E-state index contributed by atoms with van der Waals surface area (Å²) in [6.07, 6.45) is 9.81. The average Bonchev–Trinajstić information content (AvgIpc) is 2.89. The van der Waals surface area contributed by atoms with Crippen molar-refractivity contribution in [2.75, 3.05) is 0 Å². The fourth-order valence-corrected chi connectivity index (χ4v) is 5.77. The van der Waals surface area contributed by atoms with E-state index in [1.54, 1.807) is 6.92 Å². The van der Waals surface area contributed by atoms with Gasteiger partial charge in [-0.05, 0) is 76.5 Å². The van der Waals surface area contributed by atoms with E-state index in [9.17, 15) is 9.59 Å². The van der Waals surface area contributed by atoms with Crippen molar-refractivity contribution in [2.45, 2.75) is 70.8 Å². The minimum absolute atomic E-state index is 0.0107. The van der Waals surface area contributed by atoms with Crippen molar-refractivity contribution in [2.24, 2.45) is 23.2 Å². The van der Waals surface area contributed by atoms with Crippen molar-refractivity contribution in [3.05, 3.63) is 11.6 Å². The van der Waals surface area contributed by atoms with E-state index >= 15 is 0 Å². The van der Waals surface area contributed by atoms with Crippen LogP contribution >= 0.6 is 0 Å². The molecule has 4 bridgehead atoms. The lowest BCUT2D eigenvalue weighted by molar-refractivity contribution is -0.180. The van der Waals surface area contributed by atoms with Crippen LogP contribution < -0.4 is 0 Å². The Morgan fingerprint density at radius 2 is 1.86 bits per heavy atom. The minimum atomic E-state index is -0.884. The van der Waals surface area contributed by atoms with Gasteiger partial charge in [0.05, 0.1) is 5.41 Å². The van der Waals surface area contributed by atoms with E-state index in [4.69, 9.17) is 4.74 Å². The van der Waals surface area contributed by atoms with E-state index < -0.39 is 5.60 Å². The van der Waals surface area contributed by atoms with E-state index in [1.165, 1.54) is 18.4 Å². The van der Waals surface area contributed by atoms with E-state index in [0.29, 0.717) is 12.8 Å². The summed E-state index contributed by atoms with van der Waals surface area (Å²) in [6.45, 7) is 3.66. The van der Waals surface area contributed by atoms with Crippen LogP contribution in [-0.2, 0) is 14.3 Å². The second-order valence-electron chi connectivity index (χ2n) is 8.44. The van der Waals surface area contributed by atoms with Gasteiger partial charge in [0.25, 0.3) is 0 Å². The van der Waals surface area contributed by atoms with Gasteiger partial charge in [-0.15, -0.1) is 0 Å². The third-order valence-electron chi connectivity index (χ3n) is 6.99. The summed E-state index contributed by atoms with van der Waals surface area (Å²) >= 11 is 0. The molecule has 3 nitrogen and oxygen atoms in total. The number of carbonyl (C=O) groups is 2. The van der Waals surface area contributed by atoms with Crippen molar-refractivity contribution in [3.8, 4) is 0 Å². The van der Waals surface area contributed by atoms with Crippen LogP contribution in [0.5, 0.6) is 0 Å². The van der Waals surface area contributed by atoms with Crippen LogP contribution in [0.2, 0.25) is 0 Å². The molecule has 0 aliphatic heterocycles. The number of allylic oxidation sites excluding steroid dienone is 1. The highest BCUT2D eigenvalue weighted by Gasteiger charge is 2.61. The van der Waals surface area contributed by atoms with Crippen LogP contribution in [0.15, 0.2) is 11.6 Å². The van der Waals surface area contributed by atoms with Crippen LogP contribution in [-0.4, -0.2) is 17.4 Å². The summed E-state index contributed by atoms with van der Waals surface area (Å²) in [7, 11) is 0. The SMILES string of the molecule is CC(=O)[C@@]1(OC(=O)C23CC4CC(C2)C(C4)C3)CC=C(C)CC1. The van der Waals surface area contributed by atoms with Gasteiger partial charge < -0.3 is 4.74 Å². The highest BCUT2D eigenvalue weighted by atomic mass is 16.6. The number of esters is 1. The van der Waals surface area contributed by atoms with E-state index in [1.807, 2.05) is 0 Å². The fraction of sp³-hybridized carbons (Fsp3) is 0.789. The Bertz CT molecular complexity index is 542. The average molecular weight is 302 g/mol. The highest BCUT2D eigenvalue weighted by molar-refractivity contribution is 5.89. The molecule has 5 aliphatic rings. The summed E-state index contributed by atoms with van der Waals surface area (Å²) in [4.78, 5) is 25.2. The number of ether oxygens (including phenoxy) is 1. The molecule has 0 N–H and O–H groups in total. The molecule has 0 amide bonds. The molecule has 0 spiro atoms. The summed E-state index contributed by atoms with van der Waals surface area (Å²) in [6, 6.07) is 0. The predicted molar refractivity (Wildman–Crippen MR) is 83.1 cm³/mol. The Kier molecular flexibility index (Phi) is 3.08. The third-order valence-corrected chi connectivity index (χ3v) is 6.99. The zero-order valence-electron chi connectivity index (χ0n) is 13.7. The quantitative estimate of drug-likeness (QED) is 0.588. The van der Waals surface area contributed by atoms with Crippen molar-refractivity contribution in [1.82, 2.24) is 0 Å². The number of hydrogen-bond acceptors (Lipinski definition) is 3. The number of rotatable bonds is 3. The Hall–Kier alpha value is -1.12. The summed E-state index contributed by atoms with van der Waals surface area (Å²) < 4.78 is 5.98. The maximum Gasteiger partial charge on any atom is 0.313 e. The van der Waals surface area contributed by atoms with Crippen molar-refractivity contribution < 1.29 is 14.3 Å². The second kappa shape index (κ2) is 4.69. The monoisotopic (exact) mass is 302 g/mol. The lowest BCUT2D eigenvalue weighted by atomic mass is 9.69. The van der Waals surface area contributed by atoms with Crippen molar-refractivity contribution in [3.63, 3.8) is 0 Å². The molecule has 5 rings (SSSR count). The Morgan fingerprint density at radius 1 is 1.18 bits per heavy atom. The van der Waals surface area contributed by atoms with Gasteiger partial charge in [0, 0.05) is 6.42 Å². The fourth-order valence-electron chi connectivity index (χ4n) is 5.77. The van der Waals surface area contributed by atoms with Crippen molar-refractivity contribution >= 4 is 11.8 Å². The lowest BCUT2D eigenvalue weighted by Gasteiger charge is -2.40. The topological polar surface area (TPSA) is 43.4 Å². The zero-order chi connectivity index (χ0) is 15.5. The molecule has 3 atom stereocenters. The van der Waals surface area contributed by atoms with Crippen LogP contribution in [0.1, 0.15) is 65.2 Å². The molecule has 0 heterocycles. The molecular formula is C19H26O3. The van der Waals surface area contributed by atoms with E-state index in [2.05, 4.69) is 13.0 Å². The van der Waals surface area contributed by atoms with Crippen molar-refractivity contribution in [1.29, 1.82) is 0 Å². The first-order valence-electron chi connectivity index (χ1n) is 8.83. The number of carbonyl (C=O) groups excluding carboxylic acids is 2. The standard InChI is InChI=1S/C19H26O3/c1-12-3-5-19(6-4-12,13(2)20)22-17(21)18-9-14-7-15(10-18)16(8-14)11-18/h3,14-16H,4-11H2,1-2H3/t14?,15?,16?,18?,19-/m1/s1. The summed E-state index contributed by atoms with van der Waals surface area (Å²) in [5.41, 5.74) is 0.158. The lowest BCUT2D eigenvalue weighted by Crippen LogP contribution is -2.48. The molecule has 4 fully saturated rings. The molecule has 0 aromatic heterocycles. The van der Waals surface area contributed by atoms with E-state index in [0.717, 1.165) is 43.4 Å². The van der Waals surface area contributed by atoms with Gasteiger partial charge in [-0.25, -0.2) is 0 Å². The predicted octanol–water partition coefficient (Wildman–Crippen LogP) is 3.81. The number of hydrogen-bond donors (Lipinski definition) is 0. The molecule has 0 saturated heterocycles. The molecule has 3 heteroatoms. The summed E-state index contributed by atoms with van der Waals surface area (Å²) in [5, 5.41) is 0. The molecular weight excluding hydrogens is 276 g/mol. The molecule has 4 saturated carbocycles. The van der Waals surface area contributed by atoms with Crippen LogP contribution in [0.25, 0.3) is 0 Å². The van der Waals surface area contributed by atoms with Crippen LogP contribution in [0.4, 0.5) is 0 Å². The Morgan fingerprint density at radius 3 is 2.36 bits per heavy atom. The van der Waals surface area contributed by atoms with Gasteiger partial charge in [-0.3, -0.25) is 9.59 Å². The molecule has 0 aromatic rings. The first-order valence-corrected chi connectivity index (χ1v) is 8.83. The Labute approximate surface area is 132 Å².